The molecule has 10 nitrogen and oxygen atoms in total. The van der Waals surface area contributed by atoms with E-state index in [2.05, 4.69) is 10.3 Å². The van der Waals surface area contributed by atoms with Crippen LogP contribution in [-0.4, -0.2) is 43.4 Å². The average Bonchev–Trinajstić information content (AvgIpc) is 3.17. The molecule has 0 spiro atoms. The number of aromatic nitrogens is 1. The van der Waals surface area contributed by atoms with Gasteiger partial charge in [0.15, 0.2) is 5.69 Å². The second-order valence-electron chi connectivity index (χ2n) is 7.81. The van der Waals surface area contributed by atoms with E-state index in [1.165, 1.54) is 12.4 Å². The van der Waals surface area contributed by atoms with Gasteiger partial charge >= 0.3 is 5.97 Å². The SMILES string of the molecule is CPN(c1scnc1C(=O)OC(C)(C)C)S(=O)(=O)c1ccc(NC(=O)C(C)C(=N)N)c(F)c1. The van der Waals surface area contributed by atoms with Crippen molar-refractivity contribution in [3.8, 4) is 0 Å². The molecule has 180 valence electrons. The Morgan fingerprint density at radius 3 is 2.52 bits per heavy atom. The largest absolute Gasteiger partial charge is 0.455 e. The van der Waals surface area contributed by atoms with E-state index in [1.54, 1.807) is 27.4 Å². The summed E-state index contributed by atoms with van der Waals surface area (Å²) in [4.78, 5) is 28.1. The number of carbonyl (C=O) groups excluding carboxylic acids is 2. The van der Waals surface area contributed by atoms with Crippen molar-refractivity contribution in [1.82, 2.24) is 4.98 Å². The van der Waals surface area contributed by atoms with Crippen LogP contribution in [0.1, 0.15) is 38.2 Å². The molecule has 0 saturated heterocycles. The Bertz CT molecular complexity index is 1180. The van der Waals surface area contributed by atoms with Gasteiger partial charge in [-0.05, 0) is 61.3 Å². The van der Waals surface area contributed by atoms with Crippen molar-refractivity contribution in [2.75, 3.05) is 16.1 Å². The number of rotatable bonds is 8. The standard InChI is InChI=1S/C19H25FN5O5PS2/c1-10(15(21)22)16(26)24-13-7-6-11(8-12(13)20)33(28,29)25(31-5)17-14(23-9-32-17)18(27)30-19(2,3)4/h6-10,31H,1-5H3,(H3,21,22)(H,24,26). The highest BCUT2D eigenvalue weighted by Crippen LogP contribution is 2.38. The van der Waals surface area contributed by atoms with Crippen molar-refractivity contribution >= 4 is 58.5 Å². The highest BCUT2D eigenvalue weighted by Gasteiger charge is 2.32. The van der Waals surface area contributed by atoms with Gasteiger partial charge in [-0.1, -0.05) is 0 Å². The van der Waals surface area contributed by atoms with Crippen LogP contribution in [0.15, 0.2) is 28.6 Å². The van der Waals surface area contributed by atoms with Crippen molar-refractivity contribution in [3.63, 3.8) is 0 Å². The van der Waals surface area contributed by atoms with E-state index < -0.39 is 45.1 Å². The molecule has 0 bridgehead atoms. The molecule has 33 heavy (non-hydrogen) atoms. The Hall–Kier alpha value is -2.63. The van der Waals surface area contributed by atoms with Crippen molar-refractivity contribution in [2.45, 2.75) is 38.2 Å². The molecule has 1 heterocycles. The number of hydrogen-bond donors (Lipinski definition) is 3. The van der Waals surface area contributed by atoms with Crippen LogP contribution >= 0.6 is 20.1 Å². The second-order valence-corrected chi connectivity index (χ2v) is 11.6. The number of amidine groups is 1. The minimum absolute atomic E-state index is 0.0538. The molecule has 0 aliphatic heterocycles. The fraction of sp³-hybridized carbons (Fsp3) is 0.368. The Kier molecular flexibility index (Phi) is 8.15. The summed E-state index contributed by atoms with van der Waals surface area (Å²) in [6, 6.07) is 3.00. The first-order valence-electron chi connectivity index (χ1n) is 9.53. The lowest BCUT2D eigenvalue weighted by Gasteiger charge is -2.23. The van der Waals surface area contributed by atoms with E-state index >= 15 is 0 Å². The number of amides is 1. The van der Waals surface area contributed by atoms with Crippen LogP contribution in [0.25, 0.3) is 0 Å². The Balaban J connectivity index is 2.38. The van der Waals surface area contributed by atoms with Crippen molar-refractivity contribution in [2.24, 2.45) is 11.7 Å². The number of ether oxygens (including phenoxy) is 1. The average molecular weight is 518 g/mol. The van der Waals surface area contributed by atoms with Gasteiger partial charge in [0.2, 0.25) is 5.91 Å². The predicted octanol–water partition coefficient (Wildman–Crippen LogP) is 3.17. The first-order chi connectivity index (χ1) is 15.2. The van der Waals surface area contributed by atoms with Gasteiger partial charge in [0.05, 0.1) is 22.0 Å². The van der Waals surface area contributed by atoms with E-state index in [9.17, 15) is 22.4 Å². The summed E-state index contributed by atoms with van der Waals surface area (Å²) in [5.41, 5.74) is 5.38. The van der Waals surface area contributed by atoms with Gasteiger partial charge in [0.25, 0.3) is 10.0 Å². The van der Waals surface area contributed by atoms with Crippen LogP contribution < -0.4 is 15.1 Å². The van der Waals surface area contributed by atoms with Crippen LogP contribution in [-0.2, 0) is 19.6 Å². The van der Waals surface area contributed by atoms with E-state index in [-0.39, 0.29) is 30.0 Å². The number of esters is 1. The molecule has 4 N–H and O–H groups in total. The molecular weight excluding hydrogens is 492 g/mol. The number of nitrogens with zero attached hydrogens (tertiary/aromatic N) is 2. The number of benzene rings is 1. The van der Waals surface area contributed by atoms with Crippen LogP contribution in [0.2, 0.25) is 0 Å². The van der Waals surface area contributed by atoms with E-state index in [1.807, 2.05) is 0 Å². The van der Waals surface area contributed by atoms with Crippen LogP contribution in [0.5, 0.6) is 0 Å². The molecule has 0 saturated carbocycles. The third kappa shape index (κ3) is 6.24. The third-order valence-electron chi connectivity index (χ3n) is 4.12. The van der Waals surface area contributed by atoms with Crippen LogP contribution in [0, 0.1) is 17.1 Å². The maximum Gasteiger partial charge on any atom is 0.360 e. The zero-order valence-electron chi connectivity index (χ0n) is 18.6. The molecular formula is C19H25FN5O5PS2. The molecule has 1 aromatic heterocycles. The summed E-state index contributed by atoms with van der Waals surface area (Å²) in [6.07, 6.45) is 0. The number of hydrogen-bond acceptors (Lipinski definition) is 8. The predicted molar refractivity (Wildman–Crippen MR) is 127 cm³/mol. The minimum Gasteiger partial charge on any atom is -0.455 e. The molecule has 2 atom stereocenters. The van der Waals surface area contributed by atoms with Crippen molar-refractivity contribution in [1.29, 1.82) is 5.41 Å². The maximum absolute atomic E-state index is 14.6. The number of nitrogens with two attached hydrogens (primary N) is 1. The van der Waals surface area contributed by atoms with E-state index in [4.69, 9.17) is 15.9 Å². The lowest BCUT2D eigenvalue weighted by atomic mass is 10.1. The Labute approximate surface area is 197 Å². The Morgan fingerprint density at radius 2 is 2.00 bits per heavy atom. The van der Waals surface area contributed by atoms with Crippen LogP contribution in [0.4, 0.5) is 15.1 Å². The summed E-state index contributed by atoms with van der Waals surface area (Å²) in [6.45, 7) is 7.99. The van der Waals surface area contributed by atoms with Gasteiger partial charge in [-0.2, -0.15) is 0 Å². The number of halogens is 1. The fourth-order valence-corrected chi connectivity index (χ4v) is 6.48. The molecule has 0 fully saturated rings. The number of carbonyl (C=O) groups is 2. The number of sulfonamides is 1. The molecule has 0 aliphatic rings. The normalized spacial score (nSPS) is 13.0. The number of anilines is 2. The molecule has 2 rings (SSSR count). The highest BCUT2D eigenvalue weighted by atomic mass is 32.2. The zero-order chi connectivity index (χ0) is 25.1. The van der Waals surface area contributed by atoms with Gasteiger partial charge in [-0.3, -0.25) is 10.2 Å². The maximum atomic E-state index is 14.6. The van der Waals surface area contributed by atoms with Gasteiger partial charge in [-0.25, -0.2) is 26.7 Å². The first kappa shape index (κ1) is 26.6. The summed E-state index contributed by atoms with van der Waals surface area (Å²) >= 11 is 0.939. The zero-order valence-corrected chi connectivity index (χ0v) is 21.2. The van der Waals surface area contributed by atoms with E-state index in [0.717, 1.165) is 33.6 Å². The van der Waals surface area contributed by atoms with Crippen LogP contribution in [0.3, 0.4) is 0 Å². The summed E-state index contributed by atoms with van der Waals surface area (Å²) < 4.78 is 47.4. The molecule has 1 aromatic carbocycles. The van der Waals surface area contributed by atoms with Gasteiger partial charge in [-0.15, -0.1) is 11.3 Å². The molecule has 1 amide bonds. The van der Waals surface area contributed by atoms with Gasteiger partial charge in [0, 0.05) is 0 Å². The van der Waals surface area contributed by atoms with Gasteiger partial charge in [0.1, 0.15) is 22.3 Å². The fourth-order valence-electron chi connectivity index (χ4n) is 2.43. The van der Waals surface area contributed by atoms with E-state index in [0.29, 0.717) is 0 Å². The first-order valence-corrected chi connectivity index (χ1v) is 13.3. The minimum atomic E-state index is -4.27. The molecule has 2 aromatic rings. The third-order valence-corrected chi connectivity index (χ3v) is 8.62. The summed E-state index contributed by atoms with van der Waals surface area (Å²) in [7, 11) is -4.61. The second kappa shape index (κ2) is 10.1. The number of thiazole rings is 1. The quantitative estimate of drug-likeness (QED) is 0.210. The Morgan fingerprint density at radius 1 is 1.36 bits per heavy atom. The molecule has 2 unspecified atom stereocenters. The summed E-state index contributed by atoms with van der Waals surface area (Å²) in [5.74, 6) is -3.85. The van der Waals surface area contributed by atoms with Crippen molar-refractivity contribution < 1.29 is 27.1 Å². The lowest BCUT2D eigenvalue weighted by molar-refractivity contribution is -0.117. The molecule has 0 radical (unpaired) electrons. The topological polar surface area (TPSA) is 156 Å². The van der Waals surface area contributed by atoms with Crippen molar-refractivity contribution in [3.05, 3.63) is 35.2 Å². The van der Waals surface area contributed by atoms with Gasteiger partial charge < -0.3 is 15.8 Å². The molecule has 0 aliphatic carbocycles. The molecule has 14 heteroatoms. The monoisotopic (exact) mass is 517 g/mol. The smallest absolute Gasteiger partial charge is 0.360 e. The summed E-state index contributed by atoms with van der Waals surface area (Å²) in [5, 5.41) is 9.63. The number of nitrogens with one attached hydrogen (secondary N) is 2. The lowest BCUT2D eigenvalue weighted by Crippen LogP contribution is -2.32. The highest BCUT2D eigenvalue weighted by molar-refractivity contribution is 7.98.